The van der Waals surface area contributed by atoms with Crippen molar-refractivity contribution in [2.24, 2.45) is 0 Å². The molecular formula is C13H9ClNO+. The number of fused-ring (bicyclic) bond motifs is 2. The Kier molecular flexibility index (Phi) is 1.98. The smallest absolute Gasteiger partial charge is 0.266 e. The Labute approximate surface area is 97.3 Å². The van der Waals surface area contributed by atoms with Gasteiger partial charge in [0.05, 0.1) is 15.8 Å². The van der Waals surface area contributed by atoms with Gasteiger partial charge in [0.1, 0.15) is 0 Å². The molecule has 0 aliphatic rings. The monoisotopic (exact) mass is 230 g/mol. The minimum Gasteiger partial charge on any atom is -0.284 e. The lowest BCUT2D eigenvalue weighted by atomic mass is 10.1. The van der Waals surface area contributed by atoms with Gasteiger partial charge in [-0.05, 0) is 12.1 Å². The summed E-state index contributed by atoms with van der Waals surface area (Å²) in [4.78, 5) is 0. The van der Waals surface area contributed by atoms with Gasteiger partial charge in [-0.2, -0.15) is 0 Å². The quantitative estimate of drug-likeness (QED) is 0.358. The number of aromatic nitrogens is 1. The maximum absolute atomic E-state index is 10.1. The van der Waals surface area contributed by atoms with Crippen molar-refractivity contribution in [3.8, 4) is 0 Å². The Morgan fingerprint density at radius 2 is 1.25 bits per heavy atom. The maximum atomic E-state index is 10.1. The molecule has 0 saturated carbocycles. The normalized spacial score (nSPS) is 11.1. The van der Waals surface area contributed by atoms with Crippen LogP contribution in [0.3, 0.4) is 0 Å². The van der Waals surface area contributed by atoms with Crippen LogP contribution in [0.15, 0.2) is 48.5 Å². The Bertz CT molecular complexity index is 577. The first-order valence-corrected chi connectivity index (χ1v) is 5.37. The fraction of sp³-hybridized carbons (Fsp3) is 0. The number of halogens is 1. The molecule has 3 rings (SSSR count). The van der Waals surface area contributed by atoms with Gasteiger partial charge in [0.2, 0.25) is 0 Å². The van der Waals surface area contributed by atoms with Crippen LogP contribution < -0.4 is 4.73 Å². The topological polar surface area (TPSA) is 24.1 Å². The van der Waals surface area contributed by atoms with Crippen LogP contribution in [0.25, 0.3) is 21.8 Å². The summed E-state index contributed by atoms with van der Waals surface area (Å²) in [6.07, 6.45) is 0. The fourth-order valence-corrected chi connectivity index (χ4v) is 2.28. The molecule has 2 aromatic carbocycles. The zero-order valence-corrected chi connectivity index (χ0v) is 9.15. The van der Waals surface area contributed by atoms with Gasteiger partial charge in [0, 0.05) is 16.9 Å². The van der Waals surface area contributed by atoms with Gasteiger partial charge in [-0.25, -0.2) is 0 Å². The molecular weight excluding hydrogens is 222 g/mol. The summed E-state index contributed by atoms with van der Waals surface area (Å²) in [6.45, 7) is 0. The van der Waals surface area contributed by atoms with Crippen LogP contribution in [0.1, 0.15) is 0 Å². The molecule has 0 unspecified atom stereocenters. The highest BCUT2D eigenvalue weighted by Gasteiger charge is 2.18. The average molecular weight is 231 g/mol. The molecule has 78 valence electrons. The first-order valence-electron chi connectivity index (χ1n) is 4.99. The minimum absolute atomic E-state index is 0.677. The molecule has 1 aromatic heterocycles. The van der Waals surface area contributed by atoms with E-state index in [1.807, 2.05) is 48.5 Å². The molecule has 2 nitrogen and oxygen atoms in total. The second-order valence-corrected chi connectivity index (χ2v) is 4.04. The summed E-state index contributed by atoms with van der Waals surface area (Å²) in [5.74, 6) is 0. The predicted molar refractivity (Wildman–Crippen MR) is 63.8 cm³/mol. The average Bonchev–Trinajstić information content (AvgIpc) is 2.36. The molecule has 0 aliphatic heterocycles. The Hall–Kier alpha value is -1.80. The molecule has 1 N–H and O–H groups in total. The molecule has 0 fully saturated rings. The van der Waals surface area contributed by atoms with Gasteiger partial charge in [0.15, 0.2) is 0 Å². The number of rotatable bonds is 0. The summed E-state index contributed by atoms with van der Waals surface area (Å²) in [5, 5.41) is 12.5. The zero-order chi connectivity index (χ0) is 11.1. The Morgan fingerprint density at radius 3 is 1.75 bits per heavy atom. The first kappa shape index (κ1) is 9.43. The van der Waals surface area contributed by atoms with Crippen molar-refractivity contribution in [1.82, 2.24) is 0 Å². The van der Waals surface area contributed by atoms with E-state index in [1.165, 1.54) is 4.73 Å². The van der Waals surface area contributed by atoms with E-state index in [0.29, 0.717) is 16.1 Å². The summed E-state index contributed by atoms with van der Waals surface area (Å²) in [5.41, 5.74) is 1.43. The van der Waals surface area contributed by atoms with Crippen molar-refractivity contribution in [3.63, 3.8) is 0 Å². The van der Waals surface area contributed by atoms with E-state index < -0.39 is 0 Å². The predicted octanol–water partition coefficient (Wildman–Crippen LogP) is 3.17. The SMILES string of the molecule is O[n+]1c2ccccc2c(Cl)c2ccccc21. The fourth-order valence-electron chi connectivity index (χ4n) is 1.96. The van der Waals surface area contributed by atoms with E-state index in [-0.39, 0.29) is 0 Å². The van der Waals surface area contributed by atoms with Crippen LogP contribution in [0, 0.1) is 0 Å². The Morgan fingerprint density at radius 1 is 0.812 bits per heavy atom. The number of nitrogens with zero attached hydrogens (tertiary/aromatic N) is 1. The second kappa shape index (κ2) is 3.35. The molecule has 3 heteroatoms. The van der Waals surface area contributed by atoms with Gasteiger partial charge in [-0.3, -0.25) is 5.21 Å². The molecule has 3 aromatic rings. The lowest BCUT2D eigenvalue weighted by Crippen LogP contribution is -2.31. The van der Waals surface area contributed by atoms with Crippen molar-refractivity contribution in [3.05, 3.63) is 53.6 Å². The van der Waals surface area contributed by atoms with Crippen LogP contribution >= 0.6 is 11.6 Å². The van der Waals surface area contributed by atoms with Crippen LogP contribution in [0.5, 0.6) is 0 Å². The highest BCUT2D eigenvalue weighted by Crippen LogP contribution is 2.28. The van der Waals surface area contributed by atoms with Crippen molar-refractivity contribution in [2.75, 3.05) is 0 Å². The number of hydrogen-bond acceptors (Lipinski definition) is 1. The van der Waals surface area contributed by atoms with E-state index in [2.05, 4.69) is 0 Å². The number of pyridine rings is 1. The Balaban J connectivity index is 2.67. The number of hydrogen-bond donors (Lipinski definition) is 1. The van der Waals surface area contributed by atoms with E-state index in [1.54, 1.807) is 0 Å². The highest BCUT2D eigenvalue weighted by molar-refractivity contribution is 6.39. The third-order valence-electron chi connectivity index (χ3n) is 2.74. The summed E-state index contributed by atoms with van der Waals surface area (Å²) in [6, 6.07) is 15.0. The van der Waals surface area contributed by atoms with Crippen LogP contribution in [-0.2, 0) is 0 Å². The van der Waals surface area contributed by atoms with E-state index in [9.17, 15) is 5.21 Å². The number of para-hydroxylation sites is 2. The van der Waals surface area contributed by atoms with Crippen molar-refractivity contribution in [2.45, 2.75) is 0 Å². The van der Waals surface area contributed by atoms with E-state index in [4.69, 9.17) is 11.6 Å². The highest BCUT2D eigenvalue weighted by atomic mass is 35.5. The van der Waals surface area contributed by atoms with Gasteiger partial charge >= 0.3 is 0 Å². The van der Waals surface area contributed by atoms with Gasteiger partial charge in [0.25, 0.3) is 11.0 Å². The standard InChI is InChI=1S/C13H9ClNO/c14-13-9-5-1-3-7-11(9)15(16)12-8-4-2-6-10(12)13/h1-8,16H/q+1. The van der Waals surface area contributed by atoms with Crippen molar-refractivity contribution in [1.29, 1.82) is 0 Å². The summed E-state index contributed by atoms with van der Waals surface area (Å²) < 4.78 is 1.18. The molecule has 0 amide bonds. The molecule has 16 heavy (non-hydrogen) atoms. The summed E-state index contributed by atoms with van der Waals surface area (Å²) >= 11 is 6.32. The van der Waals surface area contributed by atoms with E-state index in [0.717, 1.165) is 10.8 Å². The molecule has 1 heterocycles. The van der Waals surface area contributed by atoms with Gasteiger partial charge in [-0.15, -0.1) is 0 Å². The maximum Gasteiger partial charge on any atom is 0.266 e. The van der Waals surface area contributed by atoms with Crippen LogP contribution in [0.4, 0.5) is 0 Å². The van der Waals surface area contributed by atoms with E-state index >= 15 is 0 Å². The molecule has 0 aliphatic carbocycles. The third kappa shape index (κ3) is 1.17. The largest absolute Gasteiger partial charge is 0.284 e. The number of benzene rings is 2. The molecule has 0 radical (unpaired) electrons. The van der Waals surface area contributed by atoms with Gasteiger partial charge in [-0.1, -0.05) is 35.9 Å². The zero-order valence-electron chi connectivity index (χ0n) is 8.39. The lowest BCUT2D eigenvalue weighted by molar-refractivity contribution is -0.864. The first-order chi connectivity index (χ1) is 7.79. The second-order valence-electron chi connectivity index (χ2n) is 3.66. The molecule has 0 saturated heterocycles. The van der Waals surface area contributed by atoms with Crippen molar-refractivity contribution < 1.29 is 9.94 Å². The van der Waals surface area contributed by atoms with Crippen LogP contribution in [-0.4, -0.2) is 5.21 Å². The molecule has 0 bridgehead atoms. The molecule has 0 spiro atoms. The lowest BCUT2D eigenvalue weighted by Gasteiger charge is -2.01. The minimum atomic E-state index is 0.677. The third-order valence-corrected chi connectivity index (χ3v) is 3.14. The van der Waals surface area contributed by atoms with Gasteiger partial charge < -0.3 is 0 Å². The molecule has 0 atom stereocenters. The van der Waals surface area contributed by atoms with Crippen LogP contribution in [0.2, 0.25) is 5.02 Å². The van der Waals surface area contributed by atoms with Crippen molar-refractivity contribution >= 4 is 33.4 Å². The summed E-state index contributed by atoms with van der Waals surface area (Å²) in [7, 11) is 0.